The molecule has 2 aromatic rings. The molecule has 0 unspecified atom stereocenters. The monoisotopic (exact) mass is 384 g/mol. The van der Waals surface area contributed by atoms with Gasteiger partial charge in [0.25, 0.3) is 0 Å². The molecule has 0 bridgehead atoms. The molecule has 3 heterocycles. The number of phenolic OH excluding ortho intramolecular Hbond substituents is 1. The van der Waals surface area contributed by atoms with Gasteiger partial charge in [-0.15, -0.1) is 0 Å². The van der Waals surface area contributed by atoms with Gasteiger partial charge in [-0.25, -0.2) is 0 Å². The van der Waals surface area contributed by atoms with Crippen molar-refractivity contribution in [3.05, 3.63) is 35.9 Å². The second kappa shape index (κ2) is 8.85. The van der Waals surface area contributed by atoms with Crippen molar-refractivity contribution in [1.82, 2.24) is 9.97 Å². The molecule has 2 aliphatic heterocycles. The summed E-state index contributed by atoms with van der Waals surface area (Å²) in [4.78, 5) is 13.7. The Bertz CT molecular complexity index is 783. The van der Waals surface area contributed by atoms with Crippen molar-refractivity contribution in [2.24, 2.45) is 5.10 Å². The zero-order chi connectivity index (χ0) is 19.2. The summed E-state index contributed by atoms with van der Waals surface area (Å²) in [6.07, 6.45) is 1.64. The molecule has 2 saturated heterocycles. The topological polar surface area (TPSA) is 95.3 Å². The smallest absolute Gasteiger partial charge is 0.229 e. The molecule has 0 radical (unpaired) electrons. The van der Waals surface area contributed by atoms with E-state index in [1.807, 2.05) is 12.1 Å². The minimum absolute atomic E-state index is 0.204. The van der Waals surface area contributed by atoms with Crippen molar-refractivity contribution >= 4 is 23.8 Å². The number of phenols is 1. The van der Waals surface area contributed by atoms with Gasteiger partial charge in [-0.3, -0.25) is 5.43 Å². The highest BCUT2D eigenvalue weighted by Crippen LogP contribution is 2.22. The van der Waals surface area contributed by atoms with E-state index in [9.17, 15) is 5.11 Å². The molecule has 4 rings (SSSR count). The lowest BCUT2D eigenvalue weighted by atomic mass is 10.2. The van der Waals surface area contributed by atoms with E-state index in [0.717, 1.165) is 37.6 Å². The fourth-order valence-corrected chi connectivity index (χ4v) is 3.12. The lowest BCUT2D eigenvalue weighted by Crippen LogP contribution is -2.39. The second-order valence-corrected chi connectivity index (χ2v) is 6.58. The van der Waals surface area contributed by atoms with Crippen LogP contribution in [-0.2, 0) is 9.47 Å². The van der Waals surface area contributed by atoms with Crippen LogP contribution in [-0.4, -0.2) is 73.9 Å². The number of aromatic hydroxyl groups is 1. The van der Waals surface area contributed by atoms with E-state index in [1.165, 1.54) is 0 Å². The molecule has 0 amide bonds. The van der Waals surface area contributed by atoms with Crippen molar-refractivity contribution in [2.45, 2.75) is 0 Å². The Morgan fingerprint density at radius 2 is 1.68 bits per heavy atom. The van der Waals surface area contributed by atoms with E-state index in [2.05, 4.69) is 25.3 Å². The Morgan fingerprint density at radius 3 is 2.39 bits per heavy atom. The molecule has 2 N–H and O–H groups in total. The Hall–Kier alpha value is -2.91. The molecular weight excluding hydrogens is 360 g/mol. The first-order valence-corrected chi connectivity index (χ1v) is 9.40. The summed E-state index contributed by atoms with van der Waals surface area (Å²) in [6.45, 7) is 5.84. The maximum atomic E-state index is 9.56. The fraction of sp³-hybridized carbons (Fsp3) is 0.421. The first kappa shape index (κ1) is 18.5. The number of ether oxygens (including phenoxy) is 2. The van der Waals surface area contributed by atoms with Gasteiger partial charge in [0.05, 0.1) is 32.6 Å². The Balaban J connectivity index is 1.55. The highest BCUT2D eigenvalue weighted by molar-refractivity contribution is 5.80. The highest BCUT2D eigenvalue weighted by Gasteiger charge is 2.19. The molecule has 148 valence electrons. The molecule has 1 aromatic carbocycles. The van der Waals surface area contributed by atoms with Crippen LogP contribution in [0.5, 0.6) is 5.75 Å². The third kappa shape index (κ3) is 4.68. The molecular formula is C19H24N6O3. The number of hydrazone groups is 1. The van der Waals surface area contributed by atoms with Gasteiger partial charge < -0.3 is 24.4 Å². The van der Waals surface area contributed by atoms with Crippen LogP contribution < -0.4 is 15.2 Å². The maximum Gasteiger partial charge on any atom is 0.229 e. The lowest BCUT2D eigenvalue weighted by Gasteiger charge is -2.31. The Kier molecular flexibility index (Phi) is 5.83. The third-order valence-electron chi connectivity index (χ3n) is 4.59. The normalized spacial score (nSPS) is 17.9. The van der Waals surface area contributed by atoms with Crippen LogP contribution in [0.2, 0.25) is 0 Å². The van der Waals surface area contributed by atoms with Crippen LogP contribution in [0, 0.1) is 0 Å². The van der Waals surface area contributed by atoms with Crippen LogP contribution in [0.3, 0.4) is 0 Å². The van der Waals surface area contributed by atoms with Gasteiger partial charge in [-0.05, 0) is 17.7 Å². The fourth-order valence-electron chi connectivity index (χ4n) is 3.12. The molecule has 0 spiro atoms. The van der Waals surface area contributed by atoms with E-state index in [1.54, 1.807) is 24.4 Å². The van der Waals surface area contributed by atoms with Gasteiger partial charge in [0.2, 0.25) is 5.95 Å². The Labute approximate surface area is 163 Å². The molecule has 2 fully saturated rings. The molecule has 2 aliphatic rings. The van der Waals surface area contributed by atoms with E-state index >= 15 is 0 Å². The molecule has 9 nitrogen and oxygen atoms in total. The minimum atomic E-state index is 0.204. The zero-order valence-electron chi connectivity index (χ0n) is 15.6. The summed E-state index contributed by atoms with van der Waals surface area (Å²) in [6, 6.07) is 8.80. The van der Waals surface area contributed by atoms with Gasteiger partial charge in [-0.2, -0.15) is 15.1 Å². The van der Waals surface area contributed by atoms with Gasteiger partial charge in [-0.1, -0.05) is 12.1 Å². The number of hydrogen-bond acceptors (Lipinski definition) is 9. The maximum absolute atomic E-state index is 9.56. The number of nitrogens with one attached hydrogen (secondary N) is 1. The van der Waals surface area contributed by atoms with E-state index in [4.69, 9.17) is 14.5 Å². The number of nitrogens with zero attached hydrogens (tertiary/aromatic N) is 5. The highest BCUT2D eigenvalue weighted by atomic mass is 16.5. The van der Waals surface area contributed by atoms with Crippen LogP contribution >= 0.6 is 0 Å². The number of rotatable bonds is 5. The average molecular weight is 384 g/mol. The third-order valence-corrected chi connectivity index (χ3v) is 4.59. The summed E-state index contributed by atoms with van der Waals surface area (Å²) in [5.74, 6) is 2.35. The predicted octanol–water partition coefficient (Wildman–Crippen LogP) is 1.30. The van der Waals surface area contributed by atoms with Crippen molar-refractivity contribution in [1.29, 1.82) is 0 Å². The van der Waals surface area contributed by atoms with Crippen molar-refractivity contribution in [2.75, 3.05) is 67.8 Å². The largest absolute Gasteiger partial charge is 0.508 e. The van der Waals surface area contributed by atoms with Crippen LogP contribution in [0.15, 0.2) is 35.4 Å². The van der Waals surface area contributed by atoms with Gasteiger partial charge in [0.1, 0.15) is 11.6 Å². The molecule has 0 atom stereocenters. The SMILES string of the molecule is Oc1cccc(/C=N/Nc2cc(N3CCOCC3)nc(N3CCOCC3)n2)c1. The van der Waals surface area contributed by atoms with Gasteiger partial charge in [0.15, 0.2) is 5.82 Å². The molecule has 28 heavy (non-hydrogen) atoms. The van der Waals surface area contributed by atoms with Crippen molar-refractivity contribution in [3.63, 3.8) is 0 Å². The van der Waals surface area contributed by atoms with E-state index in [-0.39, 0.29) is 5.75 Å². The van der Waals surface area contributed by atoms with Gasteiger partial charge in [0, 0.05) is 32.2 Å². The molecule has 0 aliphatic carbocycles. The zero-order valence-corrected chi connectivity index (χ0v) is 15.6. The van der Waals surface area contributed by atoms with Crippen LogP contribution in [0.25, 0.3) is 0 Å². The van der Waals surface area contributed by atoms with Gasteiger partial charge >= 0.3 is 0 Å². The Morgan fingerprint density at radius 1 is 0.964 bits per heavy atom. The number of benzene rings is 1. The second-order valence-electron chi connectivity index (χ2n) is 6.58. The first-order chi connectivity index (χ1) is 13.8. The van der Waals surface area contributed by atoms with Crippen LogP contribution in [0.1, 0.15) is 5.56 Å². The van der Waals surface area contributed by atoms with Crippen molar-refractivity contribution < 1.29 is 14.6 Å². The van der Waals surface area contributed by atoms with Crippen molar-refractivity contribution in [3.8, 4) is 5.75 Å². The molecule has 1 aromatic heterocycles. The predicted molar refractivity (Wildman–Crippen MR) is 107 cm³/mol. The molecule has 0 saturated carbocycles. The van der Waals surface area contributed by atoms with Crippen LogP contribution in [0.4, 0.5) is 17.6 Å². The summed E-state index contributed by atoms with van der Waals surface area (Å²) < 4.78 is 10.9. The standard InChI is InChI=1S/C19H24N6O3/c26-16-3-1-2-15(12-16)14-20-23-17-13-18(24-4-8-27-9-5-24)22-19(21-17)25-6-10-28-11-7-25/h1-3,12-14,26H,4-11H2,(H,21,22,23)/b20-14+. The minimum Gasteiger partial charge on any atom is -0.508 e. The van der Waals surface area contributed by atoms with E-state index in [0.29, 0.717) is 38.2 Å². The summed E-state index contributed by atoms with van der Waals surface area (Å²) in [7, 11) is 0. The quantitative estimate of drug-likeness (QED) is 0.588. The lowest BCUT2D eigenvalue weighted by molar-refractivity contribution is 0.121. The average Bonchev–Trinajstić information content (AvgIpc) is 2.75. The molecule has 9 heteroatoms. The summed E-state index contributed by atoms with van der Waals surface area (Å²) in [5.41, 5.74) is 3.79. The summed E-state index contributed by atoms with van der Waals surface area (Å²) in [5, 5.41) is 13.8. The number of anilines is 3. The summed E-state index contributed by atoms with van der Waals surface area (Å²) >= 11 is 0. The number of morpholine rings is 2. The number of aromatic nitrogens is 2. The van der Waals surface area contributed by atoms with E-state index < -0.39 is 0 Å². The first-order valence-electron chi connectivity index (χ1n) is 9.40. The number of hydrogen-bond donors (Lipinski definition) is 2.